The molecule has 1 aromatic rings. The summed E-state index contributed by atoms with van der Waals surface area (Å²) in [5, 5.41) is 19.4. The van der Waals surface area contributed by atoms with Crippen molar-refractivity contribution in [2.24, 2.45) is 0 Å². The van der Waals surface area contributed by atoms with E-state index in [9.17, 15) is 19.5 Å². The monoisotopic (exact) mass is 262 g/mol. The molecule has 0 aromatic heterocycles. The number of aromatic carboxylic acids is 1. The predicted octanol–water partition coefficient (Wildman–Crippen LogP) is -0.581. The Balaban J connectivity index is 2.26. The van der Waals surface area contributed by atoms with Gasteiger partial charge in [0.15, 0.2) is 0 Å². The summed E-state index contributed by atoms with van der Waals surface area (Å²) in [5.74, 6) is -2.31. The summed E-state index contributed by atoms with van der Waals surface area (Å²) in [6.07, 6.45) is 1.01. The van der Waals surface area contributed by atoms with E-state index in [1.54, 1.807) is 0 Å². The normalized spacial score (nSPS) is 13.8. The third-order valence-corrected chi connectivity index (χ3v) is 3.00. The highest BCUT2D eigenvalue weighted by Crippen LogP contribution is 2.24. The number of amides is 2. The Morgan fingerprint density at radius 3 is 2.47 bits per heavy atom. The summed E-state index contributed by atoms with van der Waals surface area (Å²) in [4.78, 5) is 35.8. The molecule has 0 aliphatic carbocycles. The number of carboxylic acid groups (broad SMARTS) is 1. The first-order valence-corrected chi connectivity index (χ1v) is 5.88. The molecule has 6 heteroatoms. The number of benzene rings is 1. The predicted molar refractivity (Wildman–Crippen MR) is 62.5 cm³/mol. The van der Waals surface area contributed by atoms with Gasteiger partial charge in [-0.25, -0.2) is 0 Å². The molecule has 6 nitrogen and oxygen atoms in total. The van der Waals surface area contributed by atoms with Crippen LogP contribution in [0.25, 0.3) is 0 Å². The minimum atomic E-state index is -1.39. The van der Waals surface area contributed by atoms with E-state index in [-0.39, 0.29) is 29.8 Å². The molecule has 1 aliphatic heterocycles. The van der Waals surface area contributed by atoms with E-state index in [1.165, 1.54) is 12.1 Å². The van der Waals surface area contributed by atoms with Crippen molar-refractivity contribution in [3.05, 3.63) is 34.9 Å². The lowest BCUT2D eigenvalue weighted by Gasteiger charge is -2.12. The summed E-state index contributed by atoms with van der Waals surface area (Å²) in [5.41, 5.74) is 0.173. The van der Waals surface area contributed by atoms with Crippen LogP contribution in [0.15, 0.2) is 18.2 Å². The molecule has 1 N–H and O–H groups in total. The lowest BCUT2D eigenvalue weighted by Crippen LogP contribution is -2.30. The van der Waals surface area contributed by atoms with Crippen molar-refractivity contribution >= 4 is 17.8 Å². The first-order valence-electron chi connectivity index (χ1n) is 5.88. The summed E-state index contributed by atoms with van der Waals surface area (Å²) in [6, 6.07) is 3.74. The zero-order chi connectivity index (χ0) is 14.0. The van der Waals surface area contributed by atoms with Crippen molar-refractivity contribution < 1.29 is 24.6 Å². The Bertz CT molecular complexity index is 552. The average molecular weight is 262 g/mol. The van der Waals surface area contributed by atoms with Crippen LogP contribution in [-0.4, -0.2) is 40.9 Å². The first-order chi connectivity index (χ1) is 9.06. The van der Waals surface area contributed by atoms with Crippen LogP contribution in [0.1, 0.15) is 43.9 Å². The van der Waals surface area contributed by atoms with Crippen molar-refractivity contribution in [3.8, 4) is 0 Å². The number of hydrogen-bond donors (Lipinski definition) is 1. The van der Waals surface area contributed by atoms with Crippen LogP contribution in [0.4, 0.5) is 0 Å². The molecule has 2 amide bonds. The number of aliphatic hydroxyl groups is 1. The molecule has 0 unspecified atom stereocenters. The molecular weight excluding hydrogens is 250 g/mol. The molecule has 2 rings (SSSR count). The number of carboxylic acids is 1. The van der Waals surface area contributed by atoms with Crippen LogP contribution < -0.4 is 5.11 Å². The zero-order valence-corrected chi connectivity index (χ0v) is 10.1. The molecule has 1 aliphatic rings. The Labute approximate surface area is 109 Å². The van der Waals surface area contributed by atoms with Crippen LogP contribution in [0.5, 0.6) is 0 Å². The summed E-state index contributed by atoms with van der Waals surface area (Å²) in [6.45, 7) is 0.214. The third kappa shape index (κ3) is 2.34. The smallest absolute Gasteiger partial charge is 0.261 e. The van der Waals surface area contributed by atoms with Gasteiger partial charge < -0.3 is 15.0 Å². The highest BCUT2D eigenvalue weighted by atomic mass is 16.4. The van der Waals surface area contributed by atoms with Crippen molar-refractivity contribution in [2.75, 3.05) is 13.2 Å². The summed E-state index contributed by atoms with van der Waals surface area (Å²) >= 11 is 0. The number of carbonyl (C=O) groups is 3. The van der Waals surface area contributed by atoms with Gasteiger partial charge in [0.2, 0.25) is 0 Å². The fourth-order valence-electron chi connectivity index (χ4n) is 2.00. The Hall–Kier alpha value is -2.21. The lowest BCUT2D eigenvalue weighted by molar-refractivity contribution is -0.255. The van der Waals surface area contributed by atoms with Crippen molar-refractivity contribution in [1.29, 1.82) is 0 Å². The van der Waals surface area contributed by atoms with E-state index < -0.39 is 17.8 Å². The van der Waals surface area contributed by atoms with E-state index >= 15 is 0 Å². The second-order valence-electron chi connectivity index (χ2n) is 4.24. The minimum absolute atomic E-state index is 0.00198. The molecule has 0 bridgehead atoms. The van der Waals surface area contributed by atoms with Crippen LogP contribution >= 0.6 is 0 Å². The van der Waals surface area contributed by atoms with Gasteiger partial charge in [0, 0.05) is 13.2 Å². The van der Waals surface area contributed by atoms with Gasteiger partial charge in [0.25, 0.3) is 11.8 Å². The molecule has 1 heterocycles. The molecule has 0 atom stereocenters. The maximum Gasteiger partial charge on any atom is 0.261 e. The van der Waals surface area contributed by atoms with E-state index in [1.807, 2.05) is 0 Å². The molecule has 0 saturated heterocycles. The maximum atomic E-state index is 12.0. The van der Waals surface area contributed by atoms with E-state index in [0.717, 1.165) is 11.0 Å². The van der Waals surface area contributed by atoms with Crippen LogP contribution in [0, 0.1) is 0 Å². The van der Waals surface area contributed by atoms with E-state index in [0.29, 0.717) is 12.8 Å². The number of unbranched alkanes of at least 4 members (excludes halogenated alkanes) is 1. The van der Waals surface area contributed by atoms with Crippen molar-refractivity contribution in [3.63, 3.8) is 0 Å². The number of carbonyl (C=O) groups excluding carboxylic acids is 3. The maximum absolute atomic E-state index is 12.0. The molecule has 19 heavy (non-hydrogen) atoms. The van der Waals surface area contributed by atoms with Crippen LogP contribution in [0.3, 0.4) is 0 Å². The van der Waals surface area contributed by atoms with Gasteiger partial charge >= 0.3 is 0 Å². The van der Waals surface area contributed by atoms with E-state index in [4.69, 9.17) is 5.11 Å². The van der Waals surface area contributed by atoms with E-state index in [2.05, 4.69) is 0 Å². The minimum Gasteiger partial charge on any atom is -0.545 e. The SMILES string of the molecule is O=C([O-])c1ccc2c(c1)C(=O)N(CCCCO)C2=O. The Morgan fingerprint density at radius 1 is 1.16 bits per heavy atom. The first kappa shape index (κ1) is 13.2. The number of fused-ring (bicyclic) bond motifs is 1. The largest absolute Gasteiger partial charge is 0.545 e. The van der Waals surface area contributed by atoms with Gasteiger partial charge in [-0.2, -0.15) is 0 Å². The van der Waals surface area contributed by atoms with Crippen LogP contribution in [-0.2, 0) is 0 Å². The molecule has 0 fully saturated rings. The standard InChI is InChI=1S/C13H13NO5/c15-6-2-1-5-14-11(16)9-4-3-8(13(18)19)7-10(9)12(14)17/h3-4,7,15H,1-2,5-6H2,(H,18,19)/p-1. The second-order valence-corrected chi connectivity index (χ2v) is 4.24. The molecular formula is C13H12NO5-. The number of aliphatic hydroxyl groups excluding tert-OH is 1. The molecule has 0 saturated carbocycles. The quantitative estimate of drug-likeness (QED) is 0.565. The fraction of sp³-hybridized carbons (Fsp3) is 0.308. The van der Waals surface area contributed by atoms with Gasteiger partial charge in [-0.15, -0.1) is 0 Å². The Morgan fingerprint density at radius 2 is 1.84 bits per heavy atom. The number of imide groups is 1. The molecule has 0 spiro atoms. The van der Waals surface area contributed by atoms with Gasteiger partial charge in [-0.1, -0.05) is 6.07 Å². The number of rotatable bonds is 5. The third-order valence-electron chi connectivity index (χ3n) is 3.00. The summed E-state index contributed by atoms with van der Waals surface area (Å²) in [7, 11) is 0. The molecule has 0 radical (unpaired) electrons. The zero-order valence-electron chi connectivity index (χ0n) is 10.1. The highest BCUT2D eigenvalue weighted by molar-refractivity contribution is 6.21. The van der Waals surface area contributed by atoms with Crippen molar-refractivity contribution in [1.82, 2.24) is 4.90 Å². The van der Waals surface area contributed by atoms with Gasteiger partial charge in [0.1, 0.15) is 0 Å². The number of hydrogen-bond acceptors (Lipinski definition) is 5. The fourth-order valence-corrected chi connectivity index (χ4v) is 2.00. The van der Waals surface area contributed by atoms with Gasteiger partial charge in [-0.05, 0) is 30.5 Å². The molecule has 1 aromatic carbocycles. The highest BCUT2D eigenvalue weighted by Gasteiger charge is 2.35. The second kappa shape index (κ2) is 5.19. The van der Waals surface area contributed by atoms with Crippen LogP contribution in [0.2, 0.25) is 0 Å². The van der Waals surface area contributed by atoms with Gasteiger partial charge in [0.05, 0.1) is 17.1 Å². The number of nitrogens with zero attached hydrogens (tertiary/aromatic N) is 1. The van der Waals surface area contributed by atoms with Gasteiger partial charge in [-0.3, -0.25) is 14.5 Å². The Kier molecular flexibility index (Phi) is 3.62. The lowest BCUT2D eigenvalue weighted by atomic mass is 10.1. The average Bonchev–Trinajstić information content (AvgIpc) is 2.63. The molecule has 100 valence electrons. The summed E-state index contributed by atoms with van der Waals surface area (Å²) < 4.78 is 0. The topological polar surface area (TPSA) is 97.7 Å². The van der Waals surface area contributed by atoms with Crippen molar-refractivity contribution in [2.45, 2.75) is 12.8 Å².